The number of ether oxygens (including phenoxy) is 2. The van der Waals surface area contributed by atoms with Crippen molar-refractivity contribution in [1.82, 2.24) is 25.0 Å². The third kappa shape index (κ3) is 2.60. The second kappa shape index (κ2) is 6.31. The Kier molecular flexibility index (Phi) is 3.64. The second-order valence-electron chi connectivity index (χ2n) is 6.15. The largest absolute Gasteiger partial charge is 0.494 e. The van der Waals surface area contributed by atoms with Gasteiger partial charge >= 0.3 is 5.97 Å². The Hall–Kier alpha value is -4.01. The number of fused-ring (bicyclic) bond motifs is 2. The van der Waals surface area contributed by atoms with Crippen molar-refractivity contribution in [3.8, 4) is 11.4 Å². The molecule has 1 N–H and O–H groups in total. The van der Waals surface area contributed by atoms with Gasteiger partial charge < -0.3 is 14.8 Å². The number of hydrogen-bond acceptors (Lipinski definition) is 8. The van der Waals surface area contributed by atoms with Gasteiger partial charge in [-0.15, -0.1) is 5.10 Å². The van der Waals surface area contributed by atoms with E-state index in [9.17, 15) is 4.79 Å². The van der Waals surface area contributed by atoms with Gasteiger partial charge in [0.15, 0.2) is 11.2 Å². The van der Waals surface area contributed by atoms with E-state index in [0.717, 1.165) is 16.9 Å². The van der Waals surface area contributed by atoms with Crippen molar-refractivity contribution < 1.29 is 14.3 Å². The van der Waals surface area contributed by atoms with E-state index in [1.165, 1.54) is 0 Å². The van der Waals surface area contributed by atoms with Crippen LogP contribution in [0.2, 0.25) is 0 Å². The first-order chi connectivity index (χ1) is 13.7. The summed E-state index contributed by atoms with van der Waals surface area (Å²) in [4.78, 5) is 20.4. The van der Waals surface area contributed by atoms with Gasteiger partial charge in [0.1, 0.15) is 18.0 Å². The molecule has 3 heterocycles. The second-order valence-corrected chi connectivity index (χ2v) is 6.15. The number of carbonyl (C=O) groups is 1. The van der Waals surface area contributed by atoms with Gasteiger partial charge in [0, 0.05) is 11.3 Å². The zero-order valence-corrected chi connectivity index (χ0v) is 14.8. The predicted octanol–water partition coefficient (Wildman–Crippen LogP) is 2.63. The Bertz CT molecular complexity index is 1220. The fraction of sp³-hybridized carbons (Fsp3) is 0.105. The standard InChI is InChI=1S/C19H14N6O3/c1-27-16-5-3-2-4-15(16)25-17-14(23-24-25)9-20-19(22-17)21-12-6-7-13-11(8-12)10-28-18(13)26/h2-9H,10H2,1H3,(H,20,21,22). The van der Waals surface area contributed by atoms with Crippen LogP contribution in [0.4, 0.5) is 11.6 Å². The van der Waals surface area contributed by atoms with Crippen LogP contribution in [-0.4, -0.2) is 38.0 Å². The summed E-state index contributed by atoms with van der Waals surface area (Å²) >= 11 is 0. The number of para-hydroxylation sites is 2. The van der Waals surface area contributed by atoms with E-state index >= 15 is 0 Å². The maximum absolute atomic E-state index is 11.6. The molecule has 2 aromatic carbocycles. The molecule has 9 heteroatoms. The minimum absolute atomic E-state index is 0.272. The van der Waals surface area contributed by atoms with Crippen LogP contribution >= 0.6 is 0 Å². The number of benzene rings is 2. The first-order valence-electron chi connectivity index (χ1n) is 8.52. The molecule has 0 amide bonds. The monoisotopic (exact) mass is 374 g/mol. The molecule has 0 atom stereocenters. The van der Waals surface area contributed by atoms with E-state index in [1.807, 2.05) is 30.3 Å². The third-order valence-electron chi connectivity index (χ3n) is 4.45. The molecule has 0 unspecified atom stereocenters. The van der Waals surface area contributed by atoms with Gasteiger partial charge in [-0.05, 0) is 30.3 Å². The summed E-state index contributed by atoms with van der Waals surface area (Å²) < 4.78 is 12.0. The van der Waals surface area contributed by atoms with E-state index in [0.29, 0.717) is 28.4 Å². The Balaban J connectivity index is 1.53. The Morgan fingerprint density at radius 3 is 3.00 bits per heavy atom. The minimum Gasteiger partial charge on any atom is -0.494 e. The van der Waals surface area contributed by atoms with E-state index in [2.05, 4.69) is 25.6 Å². The van der Waals surface area contributed by atoms with Crippen molar-refractivity contribution in [2.24, 2.45) is 0 Å². The quantitative estimate of drug-likeness (QED) is 0.544. The van der Waals surface area contributed by atoms with Crippen LogP contribution in [0.5, 0.6) is 5.75 Å². The normalized spacial score (nSPS) is 12.7. The smallest absolute Gasteiger partial charge is 0.338 e. The molecule has 2 aromatic heterocycles. The molecule has 0 saturated carbocycles. The number of rotatable bonds is 4. The summed E-state index contributed by atoms with van der Waals surface area (Å²) in [5, 5.41) is 11.5. The summed E-state index contributed by atoms with van der Waals surface area (Å²) in [6, 6.07) is 12.9. The highest BCUT2D eigenvalue weighted by atomic mass is 16.5. The molecular weight excluding hydrogens is 360 g/mol. The summed E-state index contributed by atoms with van der Waals surface area (Å²) in [6.07, 6.45) is 1.60. The van der Waals surface area contributed by atoms with Crippen LogP contribution in [0.15, 0.2) is 48.7 Å². The lowest BCUT2D eigenvalue weighted by Crippen LogP contribution is -2.03. The highest BCUT2D eigenvalue weighted by Crippen LogP contribution is 2.26. The van der Waals surface area contributed by atoms with E-state index < -0.39 is 0 Å². The van der Waals surface area contributed by atoms with Gasteiger partial charge in [-0.25, -0.2) is 9.78 Å². The molecule has 1 aliphatic rings. The van der Waals surface area contributed by atoms with E-state index in [1.54, 1.807) is 30.1 Å². The van der Waals surface area contributed by atoms with Crippen LogP contribution in [-0.2, 0) is 11.3 Å². The molecule has 9 nitrogen and oxygen atoms in total. The first kappa shape index (κ1) is 16.2. The highest BCUT2D eigenvalue weighted by molar-refractivity contribution is 5.94. The highest BCUT2D eigenvalue weighted by Gasteiger charge is 2.21. The molecule has 5 rings (SSSR count). The molecule has 0 radical (unpaired) electrons. The van der Waals surface area contributed by atoms with Gasteiger partial charge in [-0.1, -0.05) is 17.3 Å². The van der Waals surface area contributed by atoms with Crippen LogP contribution in [0.1, 0.15) is 15.9 Å². The number of cyclic esters (lactones) is 1. The average Bonchev–Trinajstić information content (AvgIpc) is 3.31. The average molecular weight is 374 g/mol. The lowest BCUT2D eigenvalue weighted by Gasteiger charge is -2.08. The van der Waals surface area contributed by atoms with Crippen molar-refractivity contribution in [2.75, 3.05) is 12.4 Å². The summed E-state index contributed by atoms with van der Waals surface area (Å²) in [5.41, 5.74) is 4.00. The summed E-state index contributed by atoms with van der Waals surface area (Å²) in [7, 11) is 1.60. The lowest BCUT2D eigenvalue weighted by molar-refractivity contribution is 0.0535. The van der Waals surface area contributed by atoms with Gasteiger partial charge in [-0.3, -0.25) is 0 Å². The van der Waals surface area contributed by atoms with Crippen molar-refractivity contribution in [3.63, 3.8) is 0 Å². The zero-order valence-electron chi connectivity index (χ0n) is 14.8. The number of anilines is 2. The van der Waals surface area contributed by atoms with Crippen molar-refractivity contribution in [3.05, 3.63) is 59.8 Å². The summed E-state index contributed by atoms with van der Waals surface area (Å²) in [6.45, 7) is 0.272. The van der Waals surface area contributed by atoms with Gasteiger partial charge in [-0.2, -0.15) is 9.67 Å². The molecule has 0 aliphatic carbocycles. The Morgan fingerprint density at radius 1 is 1.21 bits per heavy atom. The van der Waals surface area contributed by atoms with Gasteiger partial charge in [0.2, 0.25) is 5.95 Å². The third-order valence-corrected chi connectivity index (χ3v) is 4.45. The van der Waals surface area contributed by atoms with Gasteiger partial charge in [0.25, 0.3) is 0 Å². The van der Waals surface area contributed by atoms with Crippen molar-refractivity contribution >= 4 is 28.8 Å². The van der Waals surface area contributed by atoms with Crippen LogP contribution in [0, 0.1) is 0 Å². The minimum atomic E-state index is -0.300. The molecule has 1 aliphatic heterocycles. The number of nitrogens with zero attached hydrogens (tertiary/aromatic N) is 5. The van der Waals surface area contributed by atoms with Crippen molar-refractivity contribution in [1.29, 1.82) is 0 Å². The van der Waals surface area contributed by atoms with Crippen LogP contribution in [0.25, 0.3) is 16.9 Å². The SMILES string of the molecule is COc1ccccc1-n1nnc2cnc(Nc3ccc4c(c3)COC4=O)nc21. The van der Waals surface area contributed by atoms with E-state index in [4.69, 9.17) is 9.47 Å². The zero-order chi connectivity index (χ0) is 19.1. The molecule has 0 fully saturated rings. The molecule has 0 bridgehead atoms. The maximum Gasteiger partial charge on any atom is 0.338 e. The number of hydrogen-bond donors (Lipinski definition) is 1. The Labute approximate surface area is 158 Å². The van der Waals surface area contributed by atoms with E-state index in [-0.39, 0.29) is 12.6 Å². The predicted molar refractivity (Wildman–Crippen MR) is 99.9 cm³/mol. The number of carbonyl (C=O) groups excluding carboxylic acids is 1. The Morgan fingerprint density at radius 2 is 2.11 bits per heavy atom. The number of nitrogens with one attached hydrogen (secondary N) is 1. The fourth-order valence-electron chi connectivity index (χ4n) is 3.10. The first-order valence-corrected chi connectivity index (χ1v) is 8.52. The molecule has 28 heavy (non-hydrogen) atoms. The number of methoxy groups -OCH3 is 1. The molecule has 4 aromatic rings. The molecular formula is C19H14N6O3. The molecule has 0 spiro atoms. The molecule has 138 valence electrons. The number of aromatic nitrogens is 5. The van der Waals surface area contributed by atoms with Crippen LogP contribution < -0.4 is 10.1 Å². The molecule has 0 saturated heterocycles. The van der Waals surface area contributed by atoms with Crippen molar-refractivity contribution in [2.45, 2.75) is 6.61 Å². The topological polar surface area (TPSA) is 104 Å². The maximum atomic E-state index is 11.6. The fourth-order valence-corrected chi connectivity index (χ4v) is 3.10. The summed E-state index contributed by atoms with van der Waals surface area (Å²) in [5.74, 6) is 0.743. The van der Waals surface area contributed by atoms with Crippen LogP contribution in [0.3, 0.4) is 0 Å². The number of esters is 1. The lowest BCUT2D eigenvalue weighted by atomic mass is 10.1. The van der Waals surface area contributed by atoms with Gasteiger partial charge in [0.05, 0.1) is 18.9 Å².